The van der Waals surface area contributed by atoms with Crippen LogP contribution in [0, 0.1) is 5.92 Å². The van der Waals surface area contributed by atoms with Crippen molar-refractivity contribution in [2.75, 3.05) is 7.05 Å². The van der Waals surface area contributed by atoms with E-state index in [4.69, 9.17) is 4.42 Å². The summed E-state index contributed by atoms with van der Waals surface area (Å²) >= 11 is 0. The van der Waals surface area contributed by atoms with Crippen LogP contribution in [0.2, 0.25) is 0 Å². The van der Waals surface area contributed by atoms with Gasteiger partial charge in [-0.1, -0.05) is 24.3 Å². The van der Waals surface area contributed by atoms with Crippen molar-refractivity contribution in [1.29, 1.82) is 0 Å². The van der Waals surface area contributed by atoms with Gasteiger partial charge in [0.15, 0.2) is 0 Å². The van der Waals surface area contributed by atoms with E-state index in [1.807, 2.05) is 6.26 Å². The maximum Gasteiger partial charge on any atom is 0.0935 e. The molecule has 100 valence electrons. The fourth-order valence-electron chi connectivity index (χ4n) is 3.24. The first-order valence-corrected chi connectivity index (χ1v) is 7.12. The van der Waals surface area contributed by atoms with Gasteiger partial charge in [0.05, 0.1) is 12.5 Å². The van der Waals surface area contributed by atoms with E-state index in [0.717, 1.165) is 12.3 Å². The smallest absolute Gasteiger partial charge is 0.0935 e. The molecule has 2 heteroatoms. The maximum atomic E-state index is 5.18. The predicted octanol–water partition coefficient (Wildman–Crippen LogP) is 3.22. The van der Waals surface area contributed by atoms with Gasteiger partial charge in [-0.3, -0.25) is 0 Å². The maximum absolute atomic E-state index is 5.18. The molecule has 19 heavy (non-hydrogen) atoms. The van der Waals surface area contributed by atoms with Gasteiger partial charge in [-0.25, -0.2) is 0 Å². The highest BCUT2D eigenvalue weighted by molar-refractivity contribution is 5.30. The Labute approximate surface area is 114 Å². The highest BCUT2D eigenvalue weighted by Gasteiger charge is 2.25. The summed E-state index contributed by atoms with van der Waals surface area (Å²) in [5, 5.41) is 3.50. The summed E-state index contributed by atoms with van der Waals surface area (Å²) in [5.41, 5.74) is 4.36. The summed E-state index contributed by atoms with van der Waals surface area (Å²) in [5.74, 6) is 0.717. The molecule has 1 aromatic heterocycles. The van der Waals surface area contributed by atoms with E-state index in [0.29, 0.717) is 6.04 Å². The first kappa shape index (κ1) is 12.5. The molecule has 2 aromatic rings. The lowest BCUT2D eigenvalue weighted by molar-refractivity contribution is 0.332. The largest absolute Gasteiger partial charge is 0.472 e. The van der Waals surface area contributed by atoms with Crippen molar-refractivity contribution in [3.05, 3.63) is 59.5 Å². The first-order chi connectivity index (χ1) is 9.36. The number of aryl methyl sites for hydroxylation is 1. The molecule has 2 unspecified atom stereocenters. The molecule has 1 N–H and O–H groups in total. The van der Waals surface area contributed by atoms with E-state index >= 15 is 0 Å². The monoisotopic (exact) mass is 255 g/mol. The van der Waals surface area contributed by atoms with Gasteiger partial charge in [-0.2, -0.15) is 0 Å². The van der Waals surface area contributed by atoms with Crippen molar-refractivity contribution in [3.63, 3.8) is 0 Å². The van der Waals surface area contributed by atoms with Gasteiger partial charge >= 0.3 is 0 Å². The average Bonchev–Trinajstić information content (AvgIpc) is 2.97. The minimum absolute atomic E-state index is 0.533. The van der Waals surface area contributed by atoms with E-state index in [2.05, 4.69) is 42.7 Å². The third-order valence-electron chi connectivity index (χ3n) is 4.36. The quantitative estimate of drug-likeness (QED) is 0.907. The number of nitrogens with one attached hydrogen (secondary N) is 1. The molecule has 0 amide bonds. The summed E-state index contributed by atoms with van der Waals surface area (Å²) in [4.78, 5) is 0. The molecule has 1 heterocycles. The highest BCUT2D eigenvalue weighted by atomic mass is 16.3. The second kappa shape index (κ2) is 5.62. The Morgan fingerprint density at radius 3 is 2.84 bits per heavy atom. The molecule has 2 atom stereocenters. The lowest BCUT2D eigenvalue weighted by Gasteiger charge is -2.31. The normalized spacial score (nSPS) is 19.9. The van der Waals surface area contributed by atoms with Crippen molar-refractivity contribution in [3.8, 4) is 0 Å². The van der Waals surface area contributed by atoms with Crippen LogP contribution in [0.5, 0.6) is 0 Å². The zero-order valence-corrected chi connectivity index (χ0v) is 11.4. The Balaban J connectivity index is 1.72. The molecule has 0 radical (unpaired) electrons. The van der Waals surface area contributed by atoms with Crippen LogP contribution in [-0.2, 0) is 19.3 Å². The van der Waals surface area contributed by atoms with E-state index < -0.39 is 0 Å². The molecule has 2 nitrogen and oxygen atoms in total. The predicted molar refractivity (Wildman–Crippen MR) is 77.2 cm³/mol. The molecular weight excluding hydrogens is 234 g/mol. The van der Waals surface area contributed by atoms with Crippen LogP contribution in [0.1, 0.15) is 23.1 Å². The number of hydrogen-bond acceptors (Lipinski definition) is 2. The molecule has 0 saturated heterocycles. The van der Waals surface area contributed by atoms with Crippen LogP contribution < -0.4 is 5.32 Å². The van der Waals surface area contributed by atoms with Gasteiger partial charge in [0.25, 0.3) is 0 Å². The minimum atomic E-state index is 0.533. The van der Waals surface area contributed by atoms with E-state index in [9.17, 15) is 0 Å². The number of hydrogen-bond donors (Lipinski definition) is 1. The SMILES string of the molecule is CNC(Cc1ccoc1)C1CCc2ccccc2C1. The van der Waals surface area contributed by atoms with Crippen LogP contribution in [0.3, 0.4) is 0 Å². The number of rotatable bonds is 4. The lowest BCUT2D eigenvalue weighted by Crippen LogP contribution is -2.38. The molecule has 1 aromatic carbocycles. The minimum Gasteiger partial charge on any atom is -0.472 e. The van der Waals surface area contributed by atoms with Crippen LogP contribution >= 0.6 is 0 Å². The molecule has 1 aliphatic rings. The fraction of sp³-hybridized carbons (Fsp3) is 0.412. The summed E-state index contributed by atoms with van der Waals surface area (Å²) in [6.07, 6.45) is 8.36. The van der Waals surface area contributed by atoms with Crippen molar-refractivity contribution in [2.24, 2.45) is 5.92 Å². The fourth-order valence-corrected chi connectivity index (χ4v) is 3.24. The molecule has 0 bridgehead atoms. The average molecular weight is 255 g/mol. The standard InChI is InChI=1S/C17H21NO/c1-18-17(10-13-8-9-19-12-13)16-7-6-14-4-2-3-5-15(14)11-16/h2-5,8-9,12,16-18H,6-7,10-11H2,1H3. The van der Waals surface area contributed by atoms with E-state index in [-0.39, 0.29) is 0 Å². The number of fused-ring (bicyclic) bond motifs is 1. The van der Waals surface area contributed by atoms with Crippen molar-refractivity contribution in [1.82, 2.24) is 5.32 Å². The Bertz CT molecular complexity index is 518. The molecule has 1 aliphatic carbocycles. The molecule has 0 saturated carbocycles. The van der Waals surface area contributed by atoms with Crippen molar-refractivity contribution >= 4 is 0 Å². The Hall–Kier alpha value is -1.54. The Kier molecular flexibility index (Phi) is 3.69. The topological polar surface area (TPSA) is 25.2 Å². The zero-order valence-electron chi connectivity index (χ0n) is 11.4. The van der Waals surface area contributed by atoms with Crippen LogP contribution in [0.25, 0.3) is 0 Å². The third-order valence-corrected chi connectivity index (χ3v) is 4.36. The molecule has 0 aliphatic heterocycles. The van der Waals surface area contributed by atoms with Crippen LogP contribution in [0.15, 0.2) is 47.3 Å². The van der Waals surface area contributed by atoms with Crippen molar-refractivity contribution < 1.29 is 4.42 Å². The summed E-state index contributed by atoms with van der Waals surface area (Å²) in [6.45, 7) is 0. The first-order valence-electron chi connectivity index (χ1n) is 7.12. The zero-order chi connectivity index (χ0) is 13.1. The van der Waals surface area contributed by atoms with Crippen LogP contribution in [0.4, 0.5) is 0 Å². The third kappa shape index (κ3) is 2.74. The molecule has 0 spiro atoms. The highest BCUT2D eigenvalue weighted by Crippen LogP contribution is 2.28. The van der Waals surface area contributed by atoms with Gasteiger partial charge in [0, 0.05) is 6.04 Å². The van der Waals surface area contributed by atoms with E-state index in [1.54, 1.807) is 6.26 Å². The van der Waals surface area contributed by atoms with Gasteiger partial charge in [-0.05, 0) is 61.4 Å². The number of likely N-dealkylation sites (N-methyl/N-ethyl adjacent to an activating group) is 1. The van der Waals surface area contributed by atoms with Gasteiger partial charge in [0.1, 0.15) is 0 Å². The van der Waals surface area contributed by atoms with Gasteiger partial charge < -0.3 is 9.73 Å². The second-order valence-electron chi connectivity index (χ2n) is 5.50. The second-order valence-corrected chi connectivity index (χ2v) is 5.50. The van der Waals surface area contributed by atoms with Gasteiger partial charge in [0.2, 0.25) is 0 Å². The molecule has 3 rings (SSSR count). The van der Waals surface area contributed by atoms with Crippen molar-refractivity contribution in [2.45, 2.75) is 31.7 Å². The number of furan rings is 1. The Morgan fingerprint density at radius 1 is 1.26 bits per heavy atom. The van der Waals surface area contributed by atoms with Crippen LogP contribution in [-0.4, -0.2) is 13.1 Å². The number of benzene rings is 1. The summed E-state index contributed by atoms with van der Waals surface area (Å²) in [6, 6.07) is 11.5. The molecular formula is C17H21NO. The Morgan fingerprint density at radius 2 is 2.11 bits per heavy atom. The lowest BCUT2D eigenvalue weighted by atomic mass is 9.78. The van der Waals surface area contributed by atoms with E-state index in [1.165, 1.54) is 36.0 Å². The summed E-state index contributed by atoms with van der Waals surface area (Å²) < 4.78 is 5.18. The van der Waals surface area contributed by atoms with Gasteiger partial charge in [-0.15, -0.1) is 0 Å². The molecule has 0 fully saturated rings. The summed E-state index contributed by atoms with van der Waals surface area (Å²) in [7, 11) is 2.07.